The van der Waals surface area contributed by atoms with Gasteiger partial charge in [-0.2, -0.15) is 0 Å². The van der Waals surface area contributed by atoms with Crippen LogP contribution in [0.15, 0.2) is 52.0 Å². The van der Waals surface area contributed by atoms with Crippen molar-refractivity contribution in [2.75, 3.05) is 20.8 Å². The third-order valence-electron chi connectivity index (χ3n) is 6.32. The van der Waals surface area contributed by atoms with Crippen molar-refractivity contribution in [2.24, 2.45) is 10.9 Å². The van der Waals surface area contributed by atoms with E-state index in [-0.39, 0.29) is 23.6 Å². The molecule has 2 aromatic rings. The van der Waals surface area contributed by atoms with Gasteiger partial charge >= 0.3 is 5.97 Å². The first-order valence-electron chi connectivity index (χ1n) is 11.2. The molecule has 0 radical (unpaired) electrons. The van der Waals surface area contributed by atoms with Crippen LogP contribution < -0.4 is 9.47 Å². The fourth-order valence-corrected chi connectivity index (χ4v) is 5.65. The highest BCUT2D eigenvalue weighted by molar-refractivity contribution is 7.10. The number of hydrogen-bond acceptors (Lipinski definition) is 7. The van der Waals surface area contributed by atoms with E-state index in [1.807, 2.05) is 49.6 Å². The molecule has 0 spiro atoms. The maximum Gasteiger partial charge on any atom is 0.315 e. The normalized spacial score (nSPS) is 22.5. The Morgan fingerprint density at radius 3 is 2.61 bits per heavy atom. The quantitative estimate of drug-likeness (QED) is 0.517. The number of aliphatic imine (C=N–C) groups is 1. The number of hydrogen-bond donors (Lipinski definition) is 0. The van der Waals surface area contributed by atoms with E-state index in [0.717, 1.165) is 22.6 Å². The number of nitrogens with zero attached hydrogens (tertiary/aromatic N) is 1. The van der Waals surface area contributed by atoms with E-state index in [1.165, 1.54) is 0 Å². The van der Waals surface area contributed by atoms with Gasteiger partial charge in [0.05, 0.1) is 20.8 Å². The molecule has 0 bridgehead atoms. The Bertz CT molecular complexity index is 1100. The molecule has 0 N–H and O–H groups in total. The number of allylic oxidation sites excluding steroid dienone is 2. The summed E-state index contributed by atoms with van der Waals surface area (Å²) < 4.78 is 16.3. The minimum atomic E-state index is -0.574. The Kier molecular flexibility index (Phi) is 6.98. The lowest BCUT2D eigenvalue weighted by Gasteiger charge is -2.36. The third kappa shape index (κ3) is 4.47. The molecule has 1 aromatic heterocycles. The van der Waals surface area contributed by atoms with Gasteiger partial charge in [-0.1, -0.05) is 19.1 Å². The molecule has 2 heterocycles. The average Bonchev–Trinajstić information content (AvgIpc) is 3.35. The van der Waals surface area contributed by atoms with Crippen molar-refractivity contribution in [1.29, 1.82) is 0 Å². The summed E-state index contributed by atoms with van der Waals surface area (Å²) in [6.07, 6.45) is 1.74. The second kappa shape index (κ2) is 9.91. The van der Waals surface area contributed by atoms with Gasteiger partial charge in [0.15, 0.2) is 17.3 Å². The summed E-state index contributed by atoms with van der Waals surface area (Å²) in [5.74, 6) is 0.0926. The van der Waals surface area contributed by atoms with E-state index in [9.17, 15) is 9.59 Å². The van der Waals surface area contributed by atoms with Crippen LogP contribution in [0.25, 0.3) is 0 Å². The van der Waals surface area contributed by atoms with E-state index in [0.29, 0.717) is 42.2 Å². The lowest BCUT2D eigenvalue weighted by molar-refractivity contribution is -0.146. The predicted octanol–water partition coefficient (Wildman–Crippen LogP) is 5.29. The number of carbonyl (C=O) groups excluding carboxylic acids is 2. The molecule has 1 aromatic carbocycles. The number of methoxy groups -OCH3 is 2. The van der Waals surface area contributed by atoms with Crippen LogP contribution in [0.4, 0.5) is 0 Å². The van der Waals surface area contributed by atoms with Crippen molar-refractivity contribution < 1.29 is 23.8 Å². The summed E-state index contributed by atoms with van der Waals surface area (Å²) in [4.78, 5) is 32.4. The fourth-order valence-electron chi connectivity index (χ4n) is 4.78. The molecule has 7 heteroatoms. The van der Waals surface area contributed by atoms with Gasteiger partial charge in [-0.25, -0.2) is 0 Å². The molecule has 6 nitrogen and oxygen atoms in total. The van der Waals surface area contributed by atoms with Crippen LogP contribution in [0.3, 0.4) is 0 Å². The van der Waals surface area contributed by atoms with Crippen LogP contribution in [-0.2, 0) is 14.3 Å². The van der Waals surface area contributed by atoms with Crippen LogP contribution in [0.1, 0.15) is 55.4 Å². The van der Waals surface area contributed by atoms with Crippen LogP contribution in [0, 0.1) is 5.92 Å². The smallest absolute Gasteiger partial charge is 0.315 e. The largest absolute Gasteiger partial charge is 0.493 e. The summed E-state index contributed by atoms with van der Waals surface area (Å²) in [5.41, 5.74) is 3.16. The Labute approximate surface area is 198 Å². The summed E-state index contributed by atoms with van der Waals surface area (Å²) in [7, 11) is 3.21. The first kappa shape index (κ1) is 23.2. The highest BCUT2D eigenvalue weighted by atomic mass is 32.1. The van der Waals surface area contributed by atoms with E-state index in [4.69, 9.17) is 19.2 Å². The van der Waals surface area contributed by atoms with Gasteiger partial charge in [-0.3, -0.25) is 14.6 Å². The minimum absolute atomic E-state index is 0.0137. The molecule has 0 amide bonds. The van der Waals surface area contributed by atoms with Gasteiger partial charge in [-0.15, -0.1) is 11.3 Å². The zero-order valence-corrected chi connectivity index (χ0v) is 20.2. The molecule has 4 rings (SSSR count). The second-order valence-corrected chi connectivity index (χ2v) is 9.37. The highest BCUT2D eigenvalue weighted by Crippen LogP contribution is 2.48. The molecular weight excluding hydrogens is 438 g/mol. The van der Waals surface area contributed by atoms with Crippen molar-refractivity contribution >= 4 is 28.8 Å². The third-order valence-corrected chi connectivity index (χ3v) is 7.28. The van der Waals surface area contributed by atoms with Crippen molar-refractivity contribution in [3.05, 3.63) is 57.4 Å². The molecule has 0 fully saturated rings. The number of Topliss-reactive ketones (excluding diaryl/α,β-unsaturated/α-hetero) is 1. The van der Waals surface area contributed by atoms with E-state index in [1.54, 1.807) is 25.6 Å². The van der Waals surface area contributed by atoms with Crippen molar-refractivity contribution in [2.45, 2.75) is 44.9 Å². The first-order chi connectivity index (χ1) is 16.0. The molecule has 0 saturated carbocycles. The number of carbonyl (C=O) groups is 2. The molecule has 1 aliphatic heterocycles. The van der Waals surface area contributed by atoms with Gasteiger partial charge in [0.1, 0.15) is 5.92 Å². The Morgan fingerprint density at radius 2 is 1.94 bits per heavy atom. The topological polar surface area (TPSA) is 74.2 Å². The molecule has 174 valence electrons. The monoisotopic (exact) mass is 467 g/mol. The lowest BCUT2D eigenvalue weighted by Crippen LogP contribution is -2.37. The molecule has 0 saturated heterocycles. The Hall–Kier alpha value is -2.93. The van der Waals surface area contributed by atoms with Gasteiger partial charge in [0.25, 0.3) is 0 Å². The number of thiophene rings is 1. The number of ether oxygens (including phenoxy) is 3. The number of ketones is 1. The van der Waals surface area contributed by atoms with Crippen LogP contribution in [0.5, 0.6) is 11.5 Å². The molecule has 1 aliphatic carbocycles. The number of benzene rings is 1. The minimum Gasteiger partial charge on any atom is -0.493 e. The lowest BCUT2D eigenvalue weighted by atomic mass is 9.71. The van der Waals surface area contributed by atoms with Crippen LogP contribution >= 0.6 is 11.3 Å². The molecule has 1 unspecified atom stereocenters. The van der Waals surface area contributed by atoms with Crippen molar-refractivity contribution in [1.82, 2.24) is 0 Å². The van der Waals surface area contributed by atoms with Gasteiger partial charge < -0.3 is 14.2 Å². The zero-order chi connectivity index (χ0) is 23.5. The van der Waals surface area contributed by atoms with E-state index >= 15 is 0 Å². The summed E-state index contributed by atoms with van der Waals surface area (Å²) in [6.45, 7) is 4.19. The Balaban J connectivity index is 1.72. The summed E-state index contributed by atoms with van der Waals surface area (Å²) >= 11 is 1.56. The van der Waals surface area contributed by atoms with Crippen LogP contribution in [0.2, 0.25) is 0 Å². The summed E-state index contributed by atoms with van der Waals surface area (Å²) in [6, 6.07) is 9.73. The number of esters is 1. The zero-order valence-electron chi connectivity index (χ0n) is 19.4. The van der Waals surface area contributed by atoms with Crippen LogP contribution in [-0.4, -0.2) is 38.3 Å². The van der Waals surface area contributed by atoms with Gasteiger partial charge in [0.2, 0.25) is 0 Å². The summed E-state index contributed by atoms with van der Waals surface area (Å²) in [5, 5.41) is 1.98. The number of rotatable bonds is 7. The maximum absolute atomic E-state index is 13.6. The fraction of sp³-hybridized carbons (Fsp3) is 0.423. The Morgan fingerprint density at radius 1 is 1.15 bits per heavy atom. The van der Waals surface area contributed by atoms with E-state index in [2.05, 4.69) is 0 Å². The SMILES string of the molecule is CCCOC(=O)C1C(C)=NC2=C(C(=O)C[C@@H](c3ccc(OC)c(OC)c3)C2)[C@H]1c1cccs1. The van der Waals surface area contributed by atoms with Crippen molar-refractivity contribution in [3.8, 4) is 11.5 Å². The average molecular weight is 468 g/mol. The highest BCUT2D eigenvalue weighted by Gasteiger charge is 2.45. The first-order valence-corrected chi connectivity index (χ1v) is 12.1. The van der Waals surface area contributed by atoms with E-state index < -0.39 is 5.92 Å². The van der Waals surface area contributed by atoms with Gasteiger partial charge in [-0.05, 0) is 54.8 Å². The predicted molar refractivity (Wildman–Crippen MR) is 128 cm³/mol. The van der Waals surface area contributed by atoms with Gasteiger partial charge in [0, 0.05) is 34.2 Å². The standard InChI is InChI=1S/C26H29NO5S/c1-5-10-32-26(29)23-15(2)27-18-12-17(16-8-9-20(30-3)21(14-16)31-4)13-19(28)24(18)25(23)22-7-6-11-33-22/h6-9,11,14,17,23,25H,5,10,12-13H2,1-4H3/t17-,23?,25-/m0/s1. The molecule has 2 aliphatic rings. The van der Waals surface area contributed by atoms with Crippen molar-refractivity contribution in [3.63, 3.8) is 0 Å². The molecular formula is C26H29NO5S. The second-order valence-electron chi connectivity index (χ2n) is 8.39. The molecule has 3 atom stereocenters. The maximum atomic E-state index is 13.6. The molecule has 33 heavy (non-hydrogen) atoms.